The second kappa shape index (κ2) is 3.84. The summed E-state index contributed by atoms with van der Waals surface area (Å²) < 4.78 is 5.18. The molecule has 0 saturated carbocycles. The van der Waals surface area contributed by atoms with Crippen LogP contribution in [-0.4, -0.2) is 15.1 Å². The van der Waals surface area contributed by atoms with E-state index >= 15 is 0 Å². The summed E-state index contributed by atoms with van der Waals surface area (Å²) in [5.41, 5.74) is 14.5. The number of aryl methyl sites for hydroxylation is 3. The van der Waals surface area contributed by atoms with Crippen molar-refractivity contribution in [3.63, 3.8) is 0 Å². The fraction of sp³-hybridized carbons (Fsp3) is 0.364. The van der Waals surface area contributed by atoms with Crippen molar-refractivity contribution >= 4 is 23.3 Å². The van der Waals surface area contributed by atoms with Gasteiger partial charge in [0.1, 0.15) is 22.3 Å². The molecule has 7 nitrogen and oxygen atoms in total. The molecule has 1 unspecified atom stereocenters. The normalized spacial score (nSPS) is 21.3. The molecule has 1 aliphatic rings. The summed E-state index contributed by atoms with van der Waals surface area (Å²) >= 11 is 1.39. The summed E-state index contributed by atoms with van der Waals surface area (Å²) in [6.45, 7) is 5.48. The predicted molar refractivity (Wildman–Crippen MR) is 72.5 cm³/mol. The standard InChI is InChI=1S/C11H14N6OS/c1-4-7(5(2)18-17-4)11(13)16-8-9(12)14-6(3)15-10(8)19-11/h16H,13H2,1-3H3,(H2,12,14,15). The fourth-order valence-corrected chi connectivity index (χ4v) is 3.54. The predicted octanol–water partition coefficient (Wildman–Crippen LogP) is 1.26. The molecular formula is C11H14N6OS. The molecule has 0 fully saturated rings. The molecule has 2 aromatic heterocycles. The van der Waals surface area contributed by atoms with E-state index in [1.165, 1.54) is 11.8 Å². The highest BCUT2D eigenvalue weighted by molar-refractivity contribution is 8.00. The van der Waals surface area contributed by atoms with Gasteiger partial charge in [0.05, 0.1) is 11.3 Å². The first-order chi connectivity index (χ1) is 8.90. The Morgan fingerprint density at radius 1 is 1.26 bits per heavy atom. The van der Waals surface area contributed by atoms with Crippen LogP contribution in [0.5, 0.6) is 0 Å². The number of nitrogens with one attached hydrogen (secondary N) is 1. The highest BCUT2D eigenvalue weighted by Gasteiger charge is 2.42. The number of hydrogen-bond donors (Lipinski definition) is 3. The monoisotopic (exact) mass is 278 g/mol. The van der Waals surface area contributed by atoms with Gasteiger partial charge in [-0.1, -0.05) is 16.9 Å². The molecule has 100 valence electrons. The number of rotatable bonds is 1. The number of fused-ring (bicyclic) bond motifs is 1. The van der Waals surface area contributed by atoms with E-state index in [1.54, 1.807) is 6.92 Å². The van der Waals surface area contributed by atoms with Crippen molar-refractivity contribution in [2.75, 3.05) is 11.1 Å². The van der Waals surface area contributed by atoms with Gasteiger partial charge in [0.15, 0.2) is 10.8 Å². The molecular weight excluding hydrogens is 264 g/mol. The smallest absolute Gasteiger partial charge is 0.172 e. The third kappa shape index (κ3) is 1.75. The first kappa shape index (κ1) is 12.2. The minimum Gasteiger partial charge on any atom is -0.382 e. The summed E-state index contributed by atoms with van der Waals surface area (Å²) in [6, 6.07) is 0. The van der Waals surface area contributed by atoms with Gasteiger partial charge in [-0.25, -0.2) is 9.97 Å². The first-order valence-electron chi connectivity index (χ1n) is 5.74. The van der Waals surface area contributed by atoms with Crippen LogP contribution in [0.15, 0.2) is 9.55 Å². The Labute approximate surface area is 114 Å². The van der Waals surface area contributed by atoms with Gasteiger partial charge in [0, 0.05) is 0 Å². The zero-order valence-electron chi connectivity index (χ0n) is 10.8. The van der Waals surface area contributed by atoms with Crippen molar-refractivity contribution in [2.45, 2.75) is 30.8 Å². The fourth-order valence-electron chi connectivity index (χ4n) is 2.25. The highest BCUT2D eigenvalue weighted by atomic mass is 32.2. The van der Waals surface area contributed by atoms with Crippen molar-refractivity contribution in [1.29, 1.82) is 0 Å². The molecule has 2 aromatic rings. The SMILES string of the molecule is Cc1nc(N)c2c(n1)SC(N)(c1c(C)noc1C)N2. The molecule has 19 heavy (non-hydrogen) atoms. The largest absolute Gasteiger partial charge is 0.382 e. The Hall–Kier alpha value is -1.80. The number of nitrogens with two attached hydrogens (primary N) is 2. The van der Waals surface area contributed by atoms with Crippen molar-refractivity contribution in [3.8, 4) is 0 Å². The lowest BCUT2D eigenvalue weighted by Gasteiger charge is -2.23. The second-order valence-corrected chi connectivity index (χ2v) is 5.73. The van der Waals surface area contributed by atoms with Crippen LogP contribution in [0, 0.1) is 20.8 Å². The molecule has 1 atom stereocenters. The van der Waals surface area contributed by atoms with Gasteiger partial charge >= 0.3 is 0 Å². The maximum atomic E-state index is 6.42. The zero-order chi connectivity index (χ0) is 13.8. The van der Waals surface area contributed by atoms with Crippen molar-refractivity contribution in [1.82, 2.24) is 15.1 Å². The van der Waals surface area contributed by atoms with Crippen LogP contribution in [0.2, 0.25) is 0 Å². The molecule has 0 aliphatic carbocycles. The third-order valence-electron chi connectivity index (χ3n) is 2.99. The van der Waals surface area contributed by atoms with Gasteiger partial charge in [0.2, 0.25) is 0 Å². The number of anilines is 2. The molecule has 0 spiro atoms. The van der Waals surface area contributed by atoms with Gasteiger partial charge in [0.25, 0.3) is 0 Å². The minimum atomic E-state index is -0.882. The van der Waals surface area contributed by atoms with Crippen molar-refractivity contribution < 1.29 is 4.52 Å². The average molecular weight is 278 g/mol. The molecule has 0 bridgehead atoms. The number of aromatic nitrogens is 3. The van der Waals surface area contributed by atoms with Crippen LogP contribution in [0.1, 0.15) is 22.8 Å². The lowest BCUT2D eigenvalue weighted by atomic mass is 10.1. The second-order valence-electron chi connectivity index (χ2n) is 4.50. The number of thioether (sulfide) groups is 1. The molecule has 3 heterocycles. The summed E-state index contributed by atoms with van der Waals surface area (Å²) in [5.74, 6) is 1.69. The molecule has 0 radical (unpaired) electrons. The van der Waals surface area contributed by atoms with Crippen LogP contribution in [0.4, 0.5) is 11.5 Å². The summed E-state index contributed by atoms with van der Waals surface area (Å²) in [5, 5.41) is 7.86. The van der Waals surface area contributed by atoms with Crippen molar-refractivity contribution in [3.05, 3.63) is 22.8 Å². The van der Waals surface area contributed by atoms with E-state index in [2.05, 4.69) is 20.4 Å². The molecule has 3 rings (SSSR count). The Balaban J connectivity index is 2.10. The van der Waals surface area contributed by atoms with E-state index in [-0.39, 0.29) is 0 Å². The van der Waals surface area contributed by atoms with Gasteiger partial charge in [-0.05, 0) is 20.8 Å². The molecule has 0 saturated heterocycles. The summed E-state index contributed by atoms with van der Waals surface area (Å²) in [4.78, 5) is 7.61. The van der Waals surface area contributed by atoms with Gasteiger partial charge < -0.3 is 15.6 Å². The molecule has 5 N–H and O–H groups in total. The number of nitrogens with zero attached hydrogens (tertiary/aromatic N) is 3. The van der Waals surface area contributed by atoms with Crippen LogP contribution in [0.3, 0.4) is 0 Å². The lowest BCUT2D eigenvalue weighted by molar-refractivity contribution is 0.391. The Bertz CT molecular complexity index is 650. The van der Waals surface area contributed by atoms with Crippen LogP contribution >= 0.6 is 11.8 Å². The highest BCUT2D eigenvalue weighted by Crippen LogP contribution is 2.49. The Morgan fingerprint density at radius 2 is 2.00 bits per heavy atom. The molecule has 8 heteroatoms. The zero-order valence-corrected chi connectivity index (χ0v) is 11.6. The summed E-state index contributed by atoms with van der Waals surface area (Å²) in [7, 11) is 0. The van der Waals surface area contributed by atoms with Gasteiger partial charge in [-0.2, -0.15) is 0 Å². The third-order valence-corrected chi connectivity index (χ3v) is 4.11. The van der Waals surface area contributed by atoms with E-state index in [0.29, 0.717) is 23.1 Å². The quantitative estimate of drug-likeness (QED) is 0.667. The molecule has 0 aromatic carbocycles. The van der Waals surface area contributed by atoms with Crippen LogP contribution in [0.25, 0.3) is 0 Å². The van der Waals surface area contributed by atoms with Crippen LogP contribution in [-0.2, 0) is 4.99 Å². The molecule has 1 aliphatic heterocycles. The van der Waals surface area contributed by atoms with E-state index in [4.69, 9.17) is 16.0 Å². The first-order valence-corrected chi connectivity index (χ1v) is 6.56. The van der Waals surface area contributed by atoms with Crippen LogP contribution < -0.4 is 16.8 Å². The number of hydrogen-bond acceptors (Lipinski definition) is 8. The van der Waals surface area contributed by atoms with E-state index < -0.39 is 4.99 Å². The van der Waals surface area contributed by atoms with E-state index in [9.17, 15) is 0 Å². The lowest BCUT2D eigenvalue weighted by Crippen LogP contribution is -2.39. The van der Waals surface area contributed by atoms with Gasteiger partial charge in [-0.3, -0.25) is 5.73 Å². The minimum absolute atomic E-state index is 0.397. The maximum absolute atomic E-state index is 6.42. The average Bonchev–Trinajstić information content (AvgIpc) is 2.80. The Morgan fingerprint density at radius 3 is 2.63 bits per heavy atom. The topological polar surface area (TPSA) is 116 Å². The van der Waals surface area contributed by atoms with Crippen molar-refractivity contribution in [2.24, 2.45) is 5.73 Å². The number of nitrogen functional groups attached to an aromatic ring is 1. The molecule has 0 amide bonds. The van der Waals surface area contributed by atoms with Gasteiger partial charge in [-0.15, -0.1) is 0 Å². The maximum Gasteiger partial charge on any atom is 0.172 e. The van der Waals surface area contributed by atoms with E-state index in [1.807, 2.05) is 13.8 Å². The Kier molecular flexibility index (Phi) is 2.48. The van der Waals surface area contributed by atoms with E-state index in [0.717, 1.165) is 16.3 Å². The summed E-state index contributed by atoms with van der Waals surface area (Å²) in [6.07, 6.45) is 0.